The van der Waals surface area contributed by atoms with Crippen LogP contribution in [-0.4, -0.2) is 11.4 Å². The van der Waals surface area contributed by atoms with Crippen LogP contribution in [0, 0.1) is 11.8 Å². The molecule has 0 bridgehead atoms. The van der Waals surface area contributed by atoms with Crippen LogP contribution < -0.4 is 11.3 Å². The van der Waals surface area contributed by atoms with Gasteiger partial charge in [-0.3, -0.25) is 4.99 Å². The summed E-state index contributed by atoms with van der Waals surface area (Å²) in [4.78, 5) is 4.72. The van der Waals surface area contributed by atoms with Crippen molar-refractivity contribution in [2.45, 2.75) is 78.2 Å². The highest BCUT2D eigenvalue weighted by Gasteiger charge is 2.25. The van der Waals surface area contributed by atoms with Gasteiger partial charge >= 0.3 is 0 Å². The highest BCUT2D eigenvalue weighted by atomic mass is 15.3. The van der Waals surface area contributed by atoms with Gasteiger partial charge in [-0.25, -0.2) is 5.84 Å². The summed E-state index contributed by atoms with van der Waals surface area (Å²) in [7, 11) is 0. The summed E-state index contributed by atoms with van der Waals surface area (Å²) in [6, 6.07) is 0. The number of hydrogen-bond acceptors (Lipinski definition) is 2. The number of nitrogens with two attached hydrogens (primary N) is 1. The first-order valence-electron chi connectivity index (χ1n) is 7.52. The molecule has 1 saturated carbocycles. The first kappa shape index (κ1) is 15.5. The Balaban J connectivity index is 2.48. The van der Waals surface area contributed by atoms with Gasteiger partial charge in [-0.1, -0.05) is 26.2 Å². The van der Waals surface area contributed by atoms with Crippen LogP contribution in [0.25, 0.3) is 0 Å². The van der Waals surface area contributed by atoms with Crippen molar-refractivity contribution >= 4 is 5.84 Å². The average molecular weight is 253 g/mol. The van der Waals surface area contributed by atoms with E-state index in [2.05, 4.69) is 33.1 Å². The Kier molecular flexibility index (Phi) is 6.13. The second kappa shape index (κ2) is 7.13. The lowest BCUT2D eigenvalue weighted by Gasteiger charge is -2.30. The molecule has 3 N–H and O–H groups in total. The monoisotopic (exact) mass is 253 g/mol. The molecular weight excluding hydrogens is 222 g/mol. The largest absolute Gasteiger partial charge is 0.312 e. The molecule has 3 heteroatoms. The SMILES string of the molecule is CCCCC1CCC(C(=NC(C)(C)C)NN)CC1. The van der Waals surface area contributed by atoms with Crippen LogP contribution in [0.2, 0.25) is 0 Å². The highest BCUT2D eigenvalue weighted by molar-refractivity contribution is 5.84. The molecule has 18 heavy (non-hydrogen) atoms. The Morgan fingerprint density at radius 2 is 1.83 bits per heavy atom. The molecule has 0 saturated heterocycles. The number of amidine groups is 1. The Morgan fingerprint density at radius 1 is 1.22 bits per heavy atom. The van der Waals surface area contributed by atoms with Crippen molar-refractivity contribution in [3.63, 3.8) is 0 Å². The normalized spacial score (nSPS) is 26.2. The van der Waals surface area contributed by atoms with Crippen LogP contribution >= 0.6 is 0 Å². The van der Waals surface area contributed by atoms with E-state index in [-0.39, 0.29) is 5.54 Å². The number of aliphatic imine (C=N–C) groups is 1. The molecule has 1 rings (SSSR count). The molecule has 0 amide bonds. The molecule has 0 radical (unpaired) electrons. The third-order valence-corrected chi connectivity index (χ3v) is 3.80. The molecule has 0 spiro atoms. The van der Waals surface area contributed by atoms with Gasteiger partial charge in [-0.05, 0) is 52.4 Å². The predicted molar refractivity (Wildman–Crippen MR) is 79.5 cm³/mol. The quantitative estimate of drug-likeness (QED) is 0.348. The van der Waals surface area contributed by atoms with Gasteiger partial charge in [-0.2, -0.15) is 0 Å². The fourth-order valence-corrected chi connectivity index (χ4v) is 2.82. The van der Waals surface area contributed by atoms with Gasteiger partial charge in [0.1, 0.15) is 5.84 Å². The van der Waals surface area contributed by atoms with E-state index in [1.807, 2.05) is 0 Å². The summed E-state index contributed by atoms with van der Waals surface area (Å²) in [6.07, 6.45) is 9.28. The molecule has 0 aliphatic heterocycles. The number of rotatable bonds is 4. The van der Waals surface area contributed by atoms with Crippen LogP contribution in [0.4, 0.5) is 0 Å². The zero-order chi connectivity index (χ0) is 13.6. The zero-order valence-electron chi connectivity index (χ0n) is 12.6. The number of unbranched alkanes of at least 4 members (excludes halogenated alkanes) is 1. The maximum Gasteiger partial charge on any atom is 0.114 e. The first-order chi connectivity index (χ1) is 8.46. The van der Waals surface area contributed by atoms with Crippen molar-refractivity contribution in [1.29, 1.82) is 0 Å². The molecule has 0 aromatic carbocycles. The summed E-state index contributed by atoms with van der Waals surface area (Å²) in [5, 5.41) is 0. The van der Waals surface area contributed by atoms with Crippen molar-refractivity contribution < 1.29 is 0 Å². The zero-order valence-corrected chi connectivity index (χ0v) is 12.6. The molecule has 1 fully saturated rings. The van der Waals surface area contributed by atoms with Gasteiger partial charge in [0.2, 0.25) is 0 Å². The van der Waals surface area contributed by atoms with E-state index in [0.717, 1.165) is 11.8 Å². The van der Waals surface area contributed by atoms with Crippen LogP contribution in [-0.2, 0) is 0 Å². The molecule has 1 aliphatic carbocycles. The van der Waals surface area contributed by atoms with E-state index in [9.17, 15) is 0 Å². The lowest BCUT2D eigenvalue weighted by Crippen LogP contribution is -2.39. The predicted octanol–water partition coefficient (Wildman–Crippen LogP) is 3.64. The van der Waals surface area contributed by atoms with Gasteiger partial charge in [0.05, 0.1) is 5.54 Å². The molecule has 1 aliphatic rings. The lowest BCUT2D eigenvalue weighted by atomic mass is 9.79. The van der Waals surface area contributed by atoms with Gasteiger partial charge in [0, 0.05) is 5.92 Å². The number of nitrogens with zero attached hydrogens (tertiary/aromatic N) is 1. The summed E-state index contributed by atoms with van der Waals surface area (Å²) in [5.74, 6) is 8.14. The smallest absolute Gasteiger partial charge is 0.114 e. The average Bonchev–Trinajstić information content (AvgIpc) is 2.33. The van der Waals surface area contributed by atoms with Crippen molar-refractivity contribution in [3.8, 4) is 0 Å². The fourth-order valence-electron chi connectivity index (χ4n) is 2.82. The van der Waals surface area contributed by atoms with Gasteiger partial charge < -0.3 is 5.43 Å². The Morgan fingerprint density at radius 3 is 2.28 bits per heavy atom. The standard InChI is InChI=1S/C15H31N3/c1-5-6-7-12-8-10-13(11-9-12)14(18-16)17-15(2,3)4/h12-13H,5-11,16H2,1-4H3,(H,17,18). The Labute approximate surface area is 113 Å². The first-order valence-corrected chi connectivity index (χ1v) is 7.52. The van der Waals surface area contributed by atoms with E-state index < -0.39 is 0 Å². The van der Waals surface area contributed by atoms with E-state index >= 15 is 0 Å². The summed E-state index contributed by atoms with van der Waals surface area (Å²) in [6.45, 7) is 8.64. The minimum absolute atomic E-state index is 0.0409. The molecular formula is C15H31N3. The molecule has 0 aromatic heterocycles. The number of nitrogens with one attached hydrogen (secondary N) is 1. The fraction of sp³-hybridized carbons (Fsp3) is 0.933. The molecule has 0 atom stereocenters. The van der Waals surface area contributed by atoms with Crippen LogP contribution in [0.3, 0.4) is 0 Å². The molecule has 0 heterocycles. The van der Waals surface area contributed by atoms with E-state index in [4.69, 9.17) is 10.8 Å². The summed E-state index contributed by atoms with van der Waals surface area (Å²) < 4.78 is 0. The molecule has 0 unspecified atom stereocenters. The molecule has 3 nitrogen and oxygen atoms in total. The van der Waals surface area contributed by atoms with E-state index in [1.165, 1.54) is 44.9 Å². The van der Waals surface area contributed by atoms with Crippen LogP contribution in [0.1, 0.15) is 72.6 Å². The van der Waals surface area contributed by atoms with Crippen LogP contribution in [0.5, 0.6) is 0 Å². The third kappa shape index (κ3) is 5.38. The summed E-state index contributed by atoms with van der Waals surface area (Å²) >= 11 is 0. The highest BCUT2D eigenvalue weighted by Crippen LogP contribution is 2.32. The summed E-state index contributed by atoms with van der Waals surface area (Å²) in [5.41, 5.74) is 2.80. The second-order valence-corrected chi connectivity index (χ2v) is 6.67. The minimum atomic E-state index is -0.0409. The topological polar surface area (TPSA) is 50.4 Å². The Hall–Kier alpha value is -0.570. The minimum Gasteiger partial charge on any atom is -0.312 e. The maximum absolute atomic E-state index is 5.64. The second-order valence-electron chi connectivity index (χ2n) is 6.67. The number of hydrogen-bond donors (Lipinski definition) is 2. The van der Waals surface area contributed by atoms with Crippen molar-refractivity contribution in [2.24, 2.45) is 22.7 Å². The van der Waals surface area contributed by atoms with E-state index in [0.29, 0.717) is 5.92 Å². The number of hydrazine groups is 1. The van der Waals surface area contributed by atoms with Gasteiger partial charge in [0.15, 0.2) is 0 Å². The third-order valence-electron chi connectivity index (χ3n) is 3.80. The maximum atomic E-state index is 5.64. The lowest BCUT2D eigenvalue weighted by molar-refractivity contribution is 0.297. The van der Waals surface area contributed by atoms with Crippen molar-refractivity contribution in [1.82, 2.24) is 5.43 Å². The van der Waals surface area contributed by atoms with Crippen molar-refractivity contribution in [3.05, 3.63) is 0 Å². The van der Waals surface area contributed by atoms with Crippen molar-refractivity contribution in [2.75, 3.05) is 0 Å². The van der Waals surface area contributed by atoms with Gasteiger partial charge in [-0.15, -0.1) is 0 Å². The molecule has 0 aromatic rings. The van der Waals surface area contributed by atoms with Crippen LogP contribution in [0.15, 0.2) is 4.99 Å². The Bertz CT molecular complexity index is 257. The van der Waals surface area contributed by atoms with Gasteiger partial charge in [0.25, 0.3) is 0 Å². The molecule has 106 valence electrons. The van der Waals surface area contributed by atoms with E-state index in [1.54, 1.807) is 0 Å².